The van der Waals surface area contributed by atoms with Gasteiger partial charge in [0.1, 0.15) is 10.7 Å². The molecular weight excluding hydrogens is 321 g/mol. The maximum absolute atomic E-state index is 13.6. The van der Waals surface area contributed by atoms with Crippen LogP contribution in [0.5, 0.6) is 0 Å². The summed E-state index contributed by atoms with van der Waals surface area (Å²) in [5.41, 5.74) is 0. The Balaban J connectivity index is 2.01. The minimum absolute atomic E-state index is 0.00386. The van der Waals surface area contributed by atoms with E-state index >= 15 is 0 Å². The highest BCUT2D eigenvalue weighted by atomic mass is 32.2. The Bertz CT molecular complexity index is 666. The number of hydrogen-bond acceptors (Lipinski definition) is 4. The van der Waals surface area contributed by atoms with E-state index in [0.29, 0.717) is 0 Å². The summed E-state index contributed by atoms with van der Waals surface area (Å²) in [6.07, 6.45) is 0.791. The molecule has 0 radical (unpaired) electrons. The summed E-state index contributed by atoms with van der Waals surface area (Å²) in [5, 5.41) is 6.09. The number of carbonyl (C=O) groups excluding carboxylic acids is 1. The highest BCUT2D eigenvalue weighted by molar-refractivity contribution is 7.89. The molecule has 0 saturated carbocycles. The predicted octanol–water partition coefficient (Wildman–Crippen LogP) is 0.607. The number of hydrogen-bond donors (Lipinski definition) is 3. The summed E-state index contributed by atoms with van der Waals surface area (Å²) >= 11 is 0. The van der Waals surface area contributed by atoms with Gasteiger partial charge in [-0.3, -0.25) is 4.79 Å². The first-order chi connectivity index (χ1) is 10.8. The third kappa shape index (κ3) is 4.49. The van der Waals surface area contributed by atoms with Crippen LogP contribution in [0.4, 0.5) is 4.39 Å². The molecule has 0 bridgehead atoms. The van der Waals surface area contributed by atoms with Crippen LogP contribution in [0.1, 0.15) is 20.3 Å². The zero-order chi connectivity index (χ0) is 17.0. The van der Waals surface area contributed by atoms with E-state index in [1.807, 2.05) is 6.92 Å². The highest BCUT2D eigenvalue weighted by Crippen LogP contribution is 2.14. The quantitative estimate of drug-likeness (QED) is 0.731. The van der Waals surface area contributed by atoms with Gasteiger partial charge in [0.2, 0.25) is 15.9 Å². The van der Waals surface area contributed by atoms with Crippen molar-refractivity contribution in [3.05, 3.63) is 30.1 Å². The Morgan fingerprint density at radius 3 is 2.74 bits per heavy atom. The molecular formula is C15H22FN3O3S. The maximum Gasteiger partial charge on any atom is 0.244 e. The van der Waals surface area contributed by atoms with Crippen molar-refractivity contribution in [1.82, 2.24) is 15.4 Å². The van der Waals surface area contributed by atoms with Gasteiger partial charge in [-0.2, -0.15) is 4.72 Å². The Morgan fingerprint density at radius 1 is 1.39 bits per heavy atom. The predicted molar refractivity (Wildman–Crippen MR) is 84.8 cm³/mol. The summed E-state index contributed by atoms with van der Waals surface area (Å²) in [6, 6.07) is 4.08. The van der Waals surface area contributed by atoms with Gasteiger partial charge in [-0.25, -0.2) is 12.8 Å². The minimum atomic E-state index is -4.09. The van der Waals surface area contributed by atoms with E-state index in [2.05, 4.69) is 15.4 Å². The van der Waals surface area contributed by atoms with Crippen LogP contribution in [0.3, 0.4) is 0 Å². The van der Waals surface area contributed by atoms with E-state index in [9.17, 15) is 17.6 Å². The summed E-state index contributed by atoms with van der Waals surface area (Å²) in [5.74, 6) is -0.994. The third-order valence-electron chi connectivity index (χ3n) is 3.96. The smallest absolute Gasteiger partial charge is 0.244 e. The summed E-state index contributed by atoms with van der Waals surface area (Å²) in [6.45, 7) is 5.08. The molecule has 1 heterocycles. The van der Waals surface area contributed by atoms with E-state index in [-0.39, 0.29) is 12.0 Å². The lowest BCUT2D eigenvalue weighted by Gasteiger charge is -2.31. The molecule has 1 aliphatic rings. The average molecular weight is 343 g/mol. The van der Waals surface area contributed by atoms with Crippen LogP contribution >= 0.6 is 0 Å². The van der Waals surface area contributed by atoms with Crippen molar-refractivity contribution in [2.24, 2.45) is 5.92 Å². The fraction of sp³-hybridized carbons (Fsp3) is 0.533. The van der Waals surface area contributed by atoms with Crippen molar-refractivity contribution in [3.8, 4) is 0 Å². The zero-order valence-electron chi connectivity index (χ0n) is 13.2. The largest absolute Gasteiger partial charge is 0.352 e. The molecule has 0 aliphatic carbocycles. The van der Waals surface area contributed by atoms with Gasteiger partial charge in [-0.15, -0.1) is 0 Å². The number of rotatable bonds is 5. The molecule has 2 rings (SSSR count). The molecule has 3 N–H and O–H groups in total. The van der Waals surface area contributed by atoms with Crippen molar-refractivity contribution in [2.45, 2.75) is 37.2 Å². The van der Waals surface area contributed by atoms with E-state index in [0.717, 1.165) is 31.6 Å². The number of halogens is 1. The molecule has 0 spiro atoms. The van der Waals surface area contributed by atoms with Crippen molar-refractivity contribution < 1.29 is 17.6 Å². The lowest BCUT2D eigenvalue weighted by atomic mass is 9.95. The normalized spacial score (nSPS) is 23.3. The summed E-state index contributed by atoms with van der Waals surface area (Å²) < 4.78 is 40.2. The van der Waals surface area contributed by atoms with E-state index < -0.39 is 32.7 Å². The van der Waals surface area contributed by atoms with Gasteiger partial charge in [0.25, 0.3) is 0 Å². The first-order valence-electron chi connectivity index (χ1n) is 7.59. The van der Waals surface area contributed by atoms with Crippen LogP contribution in [0.15, 0.2) is 29.2 Å². The Labute approximate surface area is 135 Å². The van der Waals surface area contributed by atoms with Gasteiger partial charge in [0.15, 0.2) is 0 Å². The molecule has 1 saturated heterocycles. The van der Waals surface area contributed by atoms with Crippen LogP contribution in [-0.2, 0) is 14.8 Å². The number of carbonyl (C=O) groups is 1. The minimum Gasteiger partial charge on any atom is -0.352 e. The lowest BCUT2D eigenvalue weighted by Crippen LogP contribution is -2.53. The molecule has 0 aromatic heterocycles. The number of amides is 1. The van der Waals surface area contributed by atoms with Gasteiger partial charge < -0.3 is 10.6 Å². The van der Waals surface area contributed by atoms with E-state index in [1.165, 1.54) is 19.1 Å². The molecule has 8 heteroatoms. The Kier molecular flexibility index (Phi) is 5.72. The van der Waals surface area contributed by atoms with E-state index in [1.54, 1.807) is 0 Å². The fourth-order valence-electron chi connectivity index (χ4n) is 2.55. The molecule has 1 aliphatic heterocycles. The highest BCUT2D eigenvalue weighted by Gasteiger charge is 2.28. The van der Waals surface area contributed by atoms with E-state index in [4.69, 9.17) is 0 Å². The number of piperidine rings is 1. The molecule has 1 aromatic carbocycles. The van der Waals surface area contributed by atoms with Crippen LogP contribution in [0.25, 0.3) is 0 Å². The van der Waals surface area contributed by atoms with Crippen LogP contribution < -0.4 is 15.4 Å². The molecule has 3 atom stereocenters. The maximum atomic E-state index is 13.6. The Morgan fingerprint density at radius 2 is 2.09 bits per heavy atom. The Hall–Kier alpha value is -1.51. The number of sulfonamides is 1. The molecule has 1 fully saturated rings. The molecule has 6 nitrogen and oxygen atoms in total. The van der Waals surface area contributed by atoms with Crippen molar-refractivity contribution in [1.29, 1.82) is 0 Å². The average Bonchev–Trinajstić information content (AvgIpc) is 2.49. The van der Waals surface area contributed by atoms with Gasteiger partial charge in [-0.05, 0) is 44.5 Å². The number of benzene rings is 1. The van der Waals surface area contributed by atoms with Gasteiger partial charge in [0, 0.05) is 6.04 Å². The molecule has 128 valence electrons. The standard InChI is InChI=1S/C15H22FN3O3S/c1-10-9-17-8-7-13(10)18-15(20)11(2)19-23(21,22)14-6-4-3-5-12(14)16/h3-6,10-11,13,17,19H,7-9H2,1-2H3,(H,18,20). The van der Waals surface area contributed by atoms with Gasteiger partial charge >= 0.3 is 0 Å². The molecule has 1 amide bonds. The second kappa shape index (κ2) is 7.37. The SMILES string of the molecule is CC(NS(=O)(=O)c1ccccc1F)C(=O)NC1CCNCC1C. The van der Waals surface area contributed by atoms with Crippen LogP contribution in [0.2, 0.25) is 0 Å². The summed E-state index contributed by atoms with van der Waals surface area (Å²) in [7, 11) is -4.09. The van der Waals surface area contributed by atoms with Crippen LogP contribution in [0, 0.1) is 11.7 Å². The second-order valence-corrected chi connectivity index (χ2v) is 7.54. The van der Waals surface area contributed by atoms with Crippen molar-refractivity contribution in [3.63, 3.8) is 0 Å². The first kappa shape index (κ1) is 17.8. The molecule has 3 unspecified atom stereocenters. The first-order valence-corrected chi connectivity index (χ1v) is 9.07. The molecule has 1 aromatic rings. The fourth-order valence-corrected chi connectivity index (χ4v) is 3.83. The van der Waals surface area contributed by atoms with Gasteiger partial charge in [0.05, 0.1) is 6.04 Å². The molecule has 23 heavy (non-hydrogen) atoms. The topological polar surface area (TPSA) is 87.3 Å². The van der Waals surface area contributed by atoms with Gasteiger partial charge in [-0.1, -0.05) is 19.1 Å². The third-order valence-corrected chi connectivity index (χ3v) is 5.54. The van der Waals surface area contributed by atoms with Crippen molar-refractivity contribution >= 4 is 15.9 Å². The number of nitrogens with one attached hydrogen (secondary N) is 3. The van der Waals surface area contributed by atoms with Crippen LogP contribution in [-0.4, -0.2) is 39.5 Å². The monoisotopic (exact) mass is 343 g/mol. The zero-order valence-corrected chi connectivity index (χ0v) is 14.0. The summed E-state index contributed by atoms with van der Waals surface area (Å²) in [4.78, 5) is 11.7. The lowest BCUT2D eigenvalue weighted by molar-refractivity contribution is -0.123. The van der Waals surface area contributed by atoms with Crippen molar-refractivity contribution in [2.75, 3.05) is 13.1 Å². The second-order valence-electron chi connectivity index (χ2n) is 5.86.